The number of carbonyl (C=O) groups is 1. The Hall–Kier alpha value is -2.34. The SMILES string of the molecule is COc1ccc(CN2CCN(C(=O)c3ccc(C)n3C)CC2)cc1F. The average Bonchev–Trinajstić information content (AvgIpc) is 2.94. The minimum atomic E-state index is -0.340. The molecule has 6 heteroatoms. The zero-order chi connectivity index (χ0) is 18.0. The van der Waals surface area contributed by atoms with Gasteiger partial charge in [-0.1, -0.05) is 6.07 Å². The second-order valence-corrected chi connectivity index (χ2v) is 6.46. The van der Waals surface area contributed by atoms with Crippen molar-refractivity contribution in [3.63, 3.8) is 0 Å². The lowest BCUT2D eigenvalue weighted by atomic mass is 10.1. The van der Waals surface area contributed by atoms with Crippen molar-refractivity contribution in [1.29, 1.82) is 0 Å². The summed E-state index contributed by atoms with van der Waals surface area (Å²) >= 11 is 0. The van der Waals surface area contributed by atoms with Crippen LogP contribution in [-0.4, -0.2) is 53.6 Å². The van der Waals surface area contributed by atoms with Crippen LogP contribution in [0.5, 0.6) is 5.75 Å². The lowest BCUT2D eigenvalue weighted by Gasteiger charge is -2.34. The highest BCUT2D eigenvalue weighted by Gasteiger charge is 2.24. The van der Waals surface area contributed by atoms with Crippen molar-refractivity contribution in [1.82, 2.24) is 14.4 Å². The molecule has 1 fully saturated rings. The summed E-state index contributed by atoms with van der Waals surface area (Å²) in [5.41, 5.74) is 2.71. The van der Waals surface area contributed by atoms with Gasteiger partial charge in [0.2, 0.25) is 0 Å². The molecule has 0 bridgehead atoms. The van der Waals surface area contributed by atoms with Gasteiger partial charge in [0.25, 0.3) is 5.91 Å². The molecule has 3 rings (SSSR count). The molecule has 2 heterocycles. The highest BCUT2D eigenvalue weighted by atomic mass is 19.1. The van der Waals surface area contributed by atoms with Crippen LogP contribution in [0.15, 0.2) is 30.3 Å². The first-order valence-corrected chi connectivity index (χ1v) is 8.46. The average molecular weight is 345 g/mol. The molecule has 134 valence electrons. The zero-order valence-electron chi connectivity index (χ0n) is 15.0. The molecule has 1 aromatic carbocycles. The van der Waals surface area contributed by atoms with Gasteiger partial charge >= 0.3 is 0 Å². The number of benzene rings is 1. The van der Waals surface area contributed by atoms with E-state index in [-0.39, 0.29) is 17.5 Å². The molecule has 5 nitrogen and oxygen atoms in total. The number of aromatic nitrogens is 1. The van der Waals surface area contributed by atoms with Gasteiger partial charge in [-0.2, -0.15) is 0 Å². The molecule has 0 aliphatic carbocycles. The first-order valence-electron chi connectivity index (χ1n) is 8.46. The molecular weight excluding hydrogens is 321 g/mol. The summed E-state index contributed by atoms with van der Waals surface area (Å²) in [6, 6.07) is 8.89. The first kappa shape index (κ1) is 17.5. The summed E-state index contributed by atoms with van der Waals surface area (Å²) in [5.74, 6) is -0.00402. The van der Waals surface area contributed by atoms with Crippen molar-refractivity contribution in [2.75, 3.05) is 33.3 Å². The van der Waals surface area contributed by atoms with Gasteiger partial charge in [-0.05, 0) is 36.8 Å². The number of halogens is 1. The van der Waals surface area contributed by atoms with Gasteiger partial charge in [-0.3, -0.25) is 9.69 Å². The number of carbonyl (C=O) groups excluding carboxylic acids is 1. The van der Waals surface area contributed by atoms with Gasteiger partial charge in [0, 0.05) is 45.5 Å². The maximum Gasteiger partial charge on any atom is 0.270 e. The van der Waals surface area contributed by atoms with Crippen LogP contribution < -0.4 is 4.74 Å². The maximum absolute atomic E-state index is 13.8. The lowest BCUT2D eigenvalue weighted by molar-refractivity contribution is 0.0619. The topological polar surface area (TPSA) is 37.7 Å². The molecule has 0 atom stereocenters. The van der Waals surface area contributed by atoms with E-state index in [2.05, 4.69) is 4.90 Å². The van der Waals surface area contributed by atoms with E-state index in [0.717, 1.165) is 30.0 Å². The summed E-state index contributed by atoms with van der Waals surface area (Å²) in [4.78, 5) is 16.8. The predicted octanol–water partition coefficient (Wildman–Crippen LogP) is 2.44. The van der Waals surface area contributed by atoms with E-state index in [4.69, 9.17) is 4.74 Å². The normalized spacial score (nSPS) is 15.4. The lowest BCUT2D eigenvalue weighted by Crippen LogP contribution is -2.48. The summed E-state index contributed by atoms with van der Waals surface area (Å²) in [6.07, 6.45) is 0. The minimum absolute atomic E-state index is 0.0748. The molecule has 25 heavy (non-hydrogen) atoms. The third kappa shape index (κ3) is 3.69. The highest BCUT2D eigenvalue weighted by molar-refractivity contribution is 5.93. The molecule has 0 saturated carbocycles. The molecule has 1 aliphatic heterocycles. The van der Waals surface area contributed by atoms with Crippen LogP contribution in [0.1, 0.15) is 21.7 Å². The molecule has 0 radical (unpaired) electrons. The Balaban J connectivity index is 1.57. The fraction of sp³-hybridized carbons (Fsp3) is 0.421. The number of methoxy groups -OCH3 is 1. The predicted molar refractivity (Wildman–Crippen MR) is 94.3 cm³/mol. The number of nitrogens with zero attached hydrogens (tertiary/aromatic N) is 3. The first-order chi connectivity index (χ1) is 12.0. The number of aryl methyl sites for hydroxylation is 1. The fourth-order valence-corrected chi connectivity index (χ4v) is 3.17. The second kappa shape index (κ2) is 7.27. The van der Waals surface area contributed by atoms with Gasteiger partial charge in [0.1, 0.15) is 5.69 Å². The number of rotatable bonds is 4. The Bertz CT molecular complexity index is 764. The van der Waals surface area contributed by atoms with Crippen LogP contribution >= 0.6 is 0 Å². The molecule has 1 amide bonds. The van der Waals surface area contributed by atoms with Crippen LogP contribution in [0.2, 0.25) is 0 Å². The Morgan fingerprint density at radius 2 is 1.88 bits per heavy atom. The van der Waals surface area contributed by atoms with Gasteiger partial charge in [0.05, 0.1) is 7.11 Å². The van der Waals surface area contributed by atoms with Gasteiger partial charge in [0.15, 0.2) is 11.6 Å². The largest absolute Gasteiger partial charge is 0.494 e. The zero-order valence-corrected chi connectivity index (χ0v) is 15.0. The van der Waals surface area contributed by atoms with E-state index in [1.165, 1.54) is 13.2 Å². The summed E-state index contributed by atoms with van der Waals surface area (Å²) in [7, 11) is 3.37. The van der Waals surface area contributed by atoms with Crippen molar-refractivity contribution in [2.45, 2.75) is 13.5 Å². The van der Waals surface area contributed by atoms with E-state index in [1.54, 1.807) is 6.07 Å². The van der Waals surface area contributed by atoms with Gasteiger partial charge in [-0.25, -0.2) is 4.39 Å². The Morgan fingerprint density at radius 1 is 1.16 bits per heavy atom. The van der Waals surface area contributed by atoms with E-state index < -0.39 is 0 Å². The monoisotopic (exact) mass is 345 g/mol. The molecular formula is C19H24FN3O2. The molecule has 1 aromatic heterocycles. The summed E-state index contributed by atoms with van der Waals surface area (Å²) in [6.45, 7) is 5.59. The fourth-order valence-electron chi connectivity index (χ4n) is 3.17. The van der Waals surface area contributed by atoms with Crippen LogP contribution in [0.4, 0.5) is 4.39 Å². The van der Waals surface area contributed by atoms with E-state index in [1.807, 2.05) is 41.6 Å². The number of hydrogen-bond donors (Lipinski definition) is 0. The summed E-state index contributed by atoms with van der Waals surface area (Å²) in [5, 5.41) is 0. The van der Waals surface area contributed by atoms with Crippen LogP contribution in [0, 0.1) is 12.7 Å². The molecule has 1 saturated heterocycles. The number of amides is 1. The quantitative estimate of drug-likeness (QED) is 0.854. The Labute approximate surface area is 147 Å². The smallest absolute Gasteiger partial charge is 0.270 e. The van der Waals surface area contributed by atoms with Crippen molar-refractivity contribution in [2.24, 2.45) is 7.05 Å². The number of hydrogen-bond acceptors (Lipinski definition) is 3. The highest BCUT2D eigenvalue weighted by Crippen LogP contribution is 2.19. The maximum atomic E-state index is 13.8. The molecule has 1 aliphatic rings. The number of ether oxygens (including phenoxy) is 1. The Kier molecular flexibility index (Phi) is 5.08. The van der Waals surface area contributed by atoms with E-state index in [9.17, 15) is 9.18 Å². The second-order valence-electron chi connectivity index (χ2n) is 6.46. The molecule has 2 aromatic rings. The molecule has 0 spiro atoms. The minimum Gasteiger partial charge on any atom is -0.494 e. The van der Waals surface area contributed by atoms with Crippen molar-refractivity contribution < 1.29 is 13.9 Å². The van der Waals surface area contributed by atoms with Gasteiger partial charge < -0.3 is 14.2 Å². The van der Waals surface area contributed by atoms with E-state index >= 15 is 0 Å². The number of piperazine rings is 1. The third-order valence-corrected chi connectivity index (χ3v) is 4.87. The van der Waals surface area contributed by atoms with Gasteiger partial charge in [-0.15, -0.1) is 0 Å². The van der Waals surface area contributed by atoms with Crippen LogP contribution in [0.3, 0.4) is 0 Å². The standard InChI is InChI=1S/C19H24FN3O2/c1-14-4-6-17(21(14)2)19(24)23-10-8-22(9-11-23)13-15-5-7-18(25-3)16(20)12-15/h4-7,12H,8-11,13H2,1-3H3. The third-order valence-electron chi connectivity index (χ3n) is 4.87. The van der Waals surface area contributed by atoms with Crippen LogP contribution in [0.25, 0.3) is 0 Å². The van der Waals surface area contributed by atoms with Crippen molar-refractivity contribution in [3.05, 3.63) is 53.1 Å². The van der Waals surface area contributed by atoms with Crippen LogP contribution in [-0.2, 0) is 13.6 Å². The molecule has 0 unspecified atom stereocenters. The van der Waals surface area contributed by atoms with Crippen molar-refractivity contribution >= 4 is 5.91 Å². The Morgan fingerprint density at radius 3 is 2.44 bits per heavy atom. The molecule has 0 N–H and O–H groups in total. The van der Waals surface area contributed by atoms with E-state index in [0.29, 0.717) is 19.6 Å². The van der Waals surface area contributed by atoms with Crippen molar-refractivity contribution in [3.8, 4) is 5.75 Å². The summed E-state index contributed by atoms with van der Waals surface area (Å²) < 4.78 is 20.7.